The van der Waals surface area contributed by atoms with Crippen LogP contribution in [0.3, 0.4) is 0 Å². The molecule has 0 saturated heterocycles. The second kappa shape index (κ2) is 10.6. The molecule has 0 radical (unpaired) electrons. The fraction of sp³-hybridized carbons (Fsp3) is 0.360. The van der Waals surface area contributed by atoms with Crippen LogP contribution in [0.1, 0.15) is 46.9 Å². The normalized spacial score (nSPS) is 13.4. The molecule has 2 heterocycles. The highest BCUT2D eigenvalue weighted by atomic mass is 32.1. The summed E-state index contributed by atoms with van der Waals surface area (Å²) >= 11 is 1.46. The Labute approximate surface area is 193 Å². The quantitative estimate of drug-likeness (QED) is 0.456. The van der Waals surface area contributed by atoms with Crippen molar-refractivity contribution < 1.29 is 14.3 Å². The van der Waals surface area contributed by atoms with Gasteiger partial charge >= 0.3 is 0 Å². The molecule has 0 bridgehead atoms. The van der Waals surface area contributed by atoms with Gasteiger partial charge in [-0.05, 0) is 60.4 Å². The van der Waals surface area contributed by atoms with Gasteiger partial charge in [0.2, 0.25) is 0 Å². The molecule has 1 amide bonds. The van der Waals surface area contributed by atoms with Crippen molar-refractivity contribution >= 4 is 22.4 Å². The Morgan fingerprint density at radius 3 is 2.75 bits per heavy atom. The molecule has 0 unspecified atom stereocenters. The van der Waals surface area contributed by atoms with Crippen LogP contribution in [0.15, 0.2) is 47.8 Å². The van der Waals surface area contributed by atoms with Crippen molar-refractivity contribution in [3.8, 4) is 11.5 Å². The van der Waals surface area contributed by atoms with Gasteiger partial charge in [0.25, 0.3) is 5.91 Å². The van der Waals surface area contributed by atoms with Crippen molar-refractivity contribution in [3.63, 3.8) is 0 Å². The Hall–Kier alpha value is -2.90. The van der Waals surface area contributed by atoms with Crippen molar-refractivity contribution in [1.29, 1.82) is 0 Å². The van der Waals surface area contributed by atoms with Crippen LogP contribution in [-0.4, -0.2) is 36.1 Å². The van der Waals surface area contributed by atoms with Gasteiger partial charge in [0.1, 0.15) is 11.5 Å². The van der Waals surface area contributed by atoms with E-state index >= 15 is 0 Å². The number of nitrogens with one attached hydrogen (secondary N) is 1. The standard InChI is InChI=1S/C25H29N3O3S/c1-3-4-13-31-22-8-5-18(6-9-22)24(29)27-25-26-21(17-32-25)16-28-12-11-19-14-23(30-2)10-7-20(19)15-28/h5-10,14,17H,3-4,11-13,15-16H2,1-2H3,(H,26,27,29). The molecule has 0 atom stereocenters. The first-order valence-electron chi connectivity index (χ1n) is 11.0. The summed E-state index contributed by atoms with van der Waals surface area (Å²) in [5, 5.41) is 5.55. The van der Waals surface area contributed by atoms with E-state index in [1.54, 1.807) is 19.2 Å². The summed E-state index contributed by atoms with van der Waals surface area (Å²) in [7, 11) is 1.70. The Morgan fingerprint density at radius 1 is 1.16 bits per heavy atom. The van der Waals surface area contributed by atoms with Crippen LogP contribution < -0.4 is 14.8 Å². The van der Waals surface area contributed by atoms with Crippen LogP contribution in [0.2, 0.25) is 0 Å². The zero-order valence-electron chi connectivity index (χ0n) is 18.6. The number of thiazole rings is 1. The number of methoxy groups -OCH3 is 1. The SMILES string of the molecule is CCCCOc1ccc(C(=O)Nc2nc(CN3CCc4cc(OC)ccc4C3)cs2)cc1. The summed E-state index contributed by atoms with van der Waals surface area (Å²) in [6.45, 7) is 5.46. The average molecular weight is 452 g/mol. The lowest BCUT2D eigenvalue weighted by Gasteiger charge is -2.28. The van der Waals surface area contributed by atoms with Crippen LogP contribution in [0, 0.1) is 0 Å². The van der Waals surface area contributed by atoms with Crippen molar-refractivity contribution in [2.75, 3.05) is 25.6 Å². The lowest BCUT2D eigenvalue weighted by molar-refractivity contribution is 0.102. The lowest BCUT2D eigenvalue weighted by atomic mass is 9.99. The highest BCUT2D eigenvalue weighted by Gasteiger charge is 2.18. The van der Waals surface area contributed by atoms with Crippen molar-refractivity contribution in [1.82, 2.24) is 9.88 Å². The maximum atomic E-state index is 12.6. The molecule has 168 valence electrons. The first-order chi connectivity index (χ1) is 15.6. The Kier molecular flexibility index (Phi) is 7.39. The van der Waals surface area contributed by atoms with E-state index in [1.807, 2.05) is 23.6 Å². The number of hydrogen-bond acceptors (Lipinski definition) is 6. The van der Waals surface area contributed by atoms with E-state index < -0.39 is 0 Å². The van der Waals surface area contributed by atoms with Crippen LogP contribution in [0.25, 0.3) is 0 Å². The van der Waals surface area contributed by atoms with E-state index in [2.05, 4.69) is 34.3 Å². The molecule has 0 aliphatic carbocycles. The van der Waals surface area contributed by atoms with Crippen molar-refractivity contribution in [2.45, 2.75) is 39.3 Å². The number of unbranched alkanes of at least 4 members (excludes halogenated alkanes) is 1. The number of rotatable bonds is 9. The molecule has 1 N–H and O–H groups in total. The number of aromatic nitrogens is 1. The second-order valence-corrected chi connectivity index (χ2v) is 8.78. The van der Waals surface area contributed by atoms with Gasteiger partial charge in [-0.1, -0.05) is 19.4 Å². The molecule has 1 aliphatic rings. The van der Waals surface area contributed by atoms with Gasteiger partial charge in [0.15, 0.2) is 5.13 Å². The highest BCUT2D eigenvalue weighted by Crippen LogP contribution is 2.25. The maximum Gasteiger partial charge on any atom is 0.257 e. The summed E-state index contributed by atoms with van der Waals surface area (Å²) in [6, 6.07) is 13.5. The first-order valence-corrected chi connectivity index (χ1v) is 11.9. The predicted molar refractivity (Wildman–Crippen MR) is 128 cm³/mol. The zero-order valence-corrected chi connectivity index (χ0v) is 19.4. The number of benzene rings is 2. The number of fused-ring (bicyclic) bond motifs is 1. The zero-order chi connectivity index (χ0) is 22.3. The van der Waals surface area contributed by atoms with Gasteiger partial charge in [0, 0.05) is 30.6 Å². The molecular weight excluding hydrogens is 422 g/mol. The molecule has 6 nitrogen and oxygen atoms in total. The maximum absolute atomic E-state index is 12.6. The van der Waals surface area contributed by atoms with Gasteiger partial charge in [-0.25, -0.2) is 4.98 Å². The smallest absolute Gasteiger partial charge is 0.257 e. The number of anilines is 1. The molecule has 1 aliphatic heterocycles. The molecule has 0 fully saturated rings. The molecule has 32 heavy (non-hydrogen) atoms. The predicted octanol–water partition coefficient (Wildman–Crippen LogP) is 5.14. The van der Waals surface area contributed by atoms with Crippen LogP contribution >= 0.6 is 11.3 Å². The highest BCUT2D eigenvalue weighted by molar-refractivity contribution is 7.14. The number of nitrogens with zero attached hydrogens (tertiary/aromatic N) is 2. The third kappa shape index (κ3) is 5.66. The number of hydrogen-bond donors (Lipinski definition) is 1. The molecule has 0 spiro atoms. The van der Waals surface area contributed by atoms with Gasteiger partial charge in [-0.3, -0.25) is 15.0 Å². The topological polar surface area (TPSA) is 63.7 Å². The average Bonchev–Trinajstić information content (AvgIpc) is 3.25. The minimum atomic E-state index is -0.160. The third-order valence-corrected chi connectivity index (χ3v) is 6.35. The van der Waals surface area contributed by atoms with Gasteiger partial charge in [-0.2, -0.15) is 0 Å². The summed E-state index contributed by atoms with van der Waals surface area (Å²) in [6.07, 6.45) is 3.11. The summed E-state index contributed by atoms with van der Waals surface area (Å²) in [5.74, 6) is 1.54. The fourth-order valence-corrected chi connectivity index (χ4v) is 4.42. The second-order valence-electron chi connectivity index (χ2n) is 7.92. The van der Waals surface area contributed by atoms with Gasteiger partial charge in [0.05, 0.1) is 19.4 Å². The monoisotopic (exact) mass is 451 g/mol. The molecular formula is C25H29N3O3S. The molecule has 2 aromatic carbocycles. The number of carbonyl (C=O) groups is 1. The van der Waals surface area contributed by atoms with Gasteiger partial charge < -0.3 is 9.47 Å². The van der Waals surface area contributed by atoms with E-state index in [0.717, 1.165) is 56.1 Å². The first kappa shape index (κ1) is 22.3. The van der Waals surface area contributed by atoms with Crippen molar-refractivity contribution in [2.24, 2.45) is 0 Å². The summed E-state index contributed by atoms with van der Waals surface area (Å²) in [5.41, 5.74) is 4.26. The van der Waals surface area contributed by atoms with E-state index in [9.17, 15) is 4.79 Å². The molecule has 4 rings (SSSR count). The van der Waals surface area contributed by atoms with Gasteiger partial charge in [-0.15, -0.1) is 11.3 Å². The van der Waals surface area contributed by atoms with E-state index in [1.165, 1.54) is 22.5 Å². The summed E-state index contributed by atoms with van der Waals surface area (Å²) in [4.78, 5) is 19.6. The number of carbonyl (C=O) groups excluding carboxylic acids is 1. The van der Waals surface area contributed by atoms with E-state index in [-0.39, 0.29) is 5.91 Å². The lowest BCUT2D eigenvalue weighted by Crippen LogP contribution is -2.30. The van der Waals surface area contributed by atoms with E-state index in [0.29, 0.717) is 17.3 Å². The number of amides is 1. The fourth-order valence-electron chi connectivity index (χ4n) is 3.72. The molecule has 3 aromatic rings. The number of ether oxygens (including phenoxy) is 2. The Balaban J connectivity index is 1.30. The Bertz CT molecular complexity index is 1050. The molecule has 1 aromatic heterocycles. The molecule has 7 heteroatoms. The molecule has 0 saturated carbocycles. The largest absolute Gasteiger partial charge is 0.497 e. The Morgan fingerprint density at radius 2 is 1.97 bits per heavy atom. The third-order valence-electron chi connectivity index (χ3n) is 5.55. The van der Waals surface area contributed by atoms with Crippen LogP contribution in [-0.2, 0) is 19.5 Å². The van der Waals surface area contributed by atoms with Crippen LogP contribution in [0.5, 0.6) is 11.5 Å². The minimum absolute atomic E-state index is 0.160. The van der Waals surface area contributed by atoms with E-state index in [4.69, 9.17) is 9.47 Å². The van der Waals surface area contributed by atoms with Crippen molar-refractivity contribution in [3.05, 3.63) is 70.2 Å². The van der Waals surface area contributed by atoms with Crippen LogP contribution in [0.4, 0.5) is 5.13 Å². The summed E-state index contributed by atoms with van der Waals surface area (Å²) < 4.78 is 11.0. The minimum Gasteiger partial charge on any atom is -0.497 e.